The Hall–Kier alpha value is -2.23. The average Bonchev–Trinajstić information content (AvgIpc) is 2.25. The van der Waals surface area contributed by atoms with Crippen molar-refractivity contribution in [3.63, 3.8) is 0 Å². The van der Waals surface area contributed by atoms with Gasteiger partial charge in [-0.25, -0.2) is 0 Å². The zero-order valence-electron chi connectivity index (χ0n) is 8.09. The van der Waals surface area contributed by atoms with Crippen LogP contribution in [0.4, 0.5) is 0 Å². The van der Waals surface area contributed by atoms with Crippen molar-refractivity contribution in [3.8, 4) is 0 Å². The van der Waals surface area contributed by atoms with E-state index in [4.69, 9.17) is 0 Å². The number of nitrogens with zero attached hydrogens (tertiary/aromatic N) is 3. The maximum atomic E-state index is 10.6. The molecule has 1 aromatic carbocycles. The fourth-order valence-corrected chi connectivity index (χ4v) is 1.79. The van der Waals surface area contributed by atoms with Crippen LogP contribution in [-0.2, 0) is 0 Å². The fourth-order valence-electron chi connectivity index (χ4n) is 0.958. The molecule has 0 aliphatic heterocycles. The Balaban J connectivity index is 3.21. The first kappa shape index (κ1) is 12.8. The molecule has 0 aliphatic rings. The smallest absolute Gasteiger partial charge is 0.252 e. The third-order valence-electron chi connectivity index (χ3n) is 1.71. The van der Waals surface area contributed by atoms with Gasteiger partial charge in [-0.3, -0.25) is 30.3 Å². The van der Waals surface area contributed by atoms with Crippen molar-refractivity contribution in [2.75, 3.05) is 0 Å². The van der Waals surface area contributed by atoms with Gasteiger partial charge in [-0.2, -0.15) is 0 Å². The molecule has 0 N–H and O–H groups in total. The minimum atomic E-state index is -3.51. The lowest BCUT2D eigenvalue weighted by molar-refractivity contribution is -0.934. The molecule has 0 heterocycles. The summed E-state index contributed by atoms with van der Waals surface area (Å²) in [5.74, 6) is 0. The summed E-state index contributed by atoms with van der Waals surface area (Å²) in [5.41, 5.74) is 0. The van der Waals surface area contributed by atoms with Gasteiger partial charge < -0.3 is 0 Å². The maximum Gasteiger partial charge on any atom is 0.758 e. The Kier molecular flexibility index (Phi) is 3.58. The predicted molar refractivity (Wildman–Crippen MR) is 56.0 cm³/mol. The molecule has 0 bridgehead atoms. The fraction of sp³-hybridized carbons (Fsp3) is 0.143. The summed E-state index contributed by atoms with van der Waals surface area (Å²) in [6.45, 7) is 0. The molecule has 0 aromatic heterocycles. The summed E-state index contributed by atoms with van der Waals surface area (Å²) in [4.78, 5) is 27.3. The third-order valence-corrected chi connectivity index (χ3v) is 2.94. The van der Waals surface area contributed by atoms with Crippen LogP contribution in [0.2, 0.25) is 0 Å². The molecule has 1 aromatic rings. The SMILES string of the molecule is O=[N+]([O-])C(Sc1ccccc1)([N+](=O)[O-])[N+](=O)[O-]. The molecule has 10 heteroatoms. The van der Waals surface area contributed by atoms with E-state index in [2.05, 4.69) is 0 Å². The van der Waals surface area contributed by atoms with Crippen molar-refractivity contribution < 1.29 is 14.8 Å². The van der Waals surface area contributed by atoms with E-state index in [-0.39, 0.29) is 16.7 Å². The van der Waals surface area contributed by atoms with Crippen molar-refractivity contribution in [1.29, 1.82) is 0 Å². The molecular formula is C7H5N3O6S. The van der Waals surface area contributed by atoms with Gasteiger partial charge in [0.25, 0.3) is 0 Å². The van der Waals surface area contributed by atoms with Crippen LogP contribution < -0.4 is 0 Å². The second kappa shape index (κ2) is 4.74. The quantitative estimate of drug-likeness (QED) is 0.336. The van der Waals surface area contributed by atoms with Gasteiger partial charge in [-0.1, -0.05) is 18.2 Å². The topological polar surface area (TPSA) is 129 Å². The molecule has 0 radical (unpaired) electrons. The molecule has 0 saturated carbocycles. The highest BCUT2D eigenvalue weighted by Crippen LogP contribution is 2.34. The summed E-state index contributed by atoms with van der Waals surface area (Å²) in [7, 11) is 0. The molecule has 90 valence electrons. The van der Waals surface area contributed by atoms with E-state index >= 15 is 0 Å². The number of hydrogen-bond donors (Lipinski definition) is 0. The van der Waals surface area contributed by atoms with Crippen LogP contribution in [0.3, 0.4) is 0 Å². The Morgan fingerprint density at radius 3 is 1.65 bits per heavy atom. The molecule has 0 atom stereocenters. The molecule has 9 nitrogen and oxygen atoms in total. The molecule has 0 unspecified atom stereocenters. The van der Waals surface area contributed by atoms with Crippen molar-refractivity contribution >= 4 is 11.8 Å². The third kappa shape index (κ3) is 2.30. The average molecular weight is 259 g/mol. The van der Waals surface area contributed by atoms with Gasteiger partial charge in [-0.15, -0.1) is 0 Å². The van der Waals surface area contributed by atoms with Crippen LogP contribution in [0.15, 0.2) is 35.2 Å². The van der Waals surface area contributed by atoms with E-state index in [0.29, 0.717) is 0 Å². The van der Waals surface area contributed by atoms with Crippen LogP contribution in [0, 0.1) is 30.3 Å². The molecule has 0 spiro atoms. The number of nitro groups is 3. The minimum absolute atomic E-state index is 0.0368. The lowest BCUT2D eigenvalue weighted by Gasteiger charge is -2.07. The lowest BCUT2D eigenvalue weighted by atomic mass is 10.4. The van der Waals surface area contributed by atoms with E-state index < -0.39 is 19.9 Å². The van der Waals surface area contributed by atoms with Gasteiger partial charge in [0.15, 0.2) is 14.8 Å². The molecule has 1 rings (SSSR count). The largest absolute Gasteiger partial charge is 0.758 e. The number of benzene rings is 1. The molecule has 0 fully saturated rings. The number of thioether (sulfide) groups is 1. The van der Waals surface area contributed by atoms with E-state index in [0.717, 1.165) is 0 Å². The molecule has 0 aliphatic carbocycles. The number of rotatable bonds is 5. The van der Waals surface area contributed by atoms with Crippen LogP contribution in [0.25, 0.3) is 0 Å². The van der Waals surface area contributed by atoms with Crippen LogP contribution in [0.5, 0.6) is 0 Å². The highest BCUT2D eigenvalue weighted by molar-refractivity contribution is 8.00. The summed E-state index contributed by atoms with van der Waals surface area (Å²) in [5, 5.41) is 28.3. The van der Waals surface area contributed by atoms with E-state index in [1.54, 1.807) is 6.07 Å². The monoisotopic (exact) mass is 259 g/mol. The predicted octanol–water partition coefficient (Wildman–Crippen LogP) is 1.22. The molecule has 0 amide bonds. The van der Waals surface area contributed by atoms with E-state index in [1.807, 2.05) is 0 Å². The molecule has 0 saturated heterocycles. The van der Waals surface area contributed by atoms with Crippen molar-refractivity contribution in [2.45, 2.75) is 10.0 Å². The summed E-state index contributed by atoms with van der Waals surface area (Å²) in [6.07, 6.45) is 0. The zero-order valence-corrected chi connectivity index (χ0v) is 8.90. The normalized spacial score (nSPS) is 10.8. The molecule has 17 heavy (non-hydrogen) atoms. The van der Waals surface area contributed by atoms with Gasteiger partial charge in [0.1, 0.15) is 11.8 Å². The Labute approximate surface area is 97.9 Å². The summed E-state index contributed by atoms with van der Waals surface area (Å²) >= 11 is -0.0368. The first-order valence-electron chi connectivity index (χ1n) is 4.09. The standard InChI is InChI=1S/C7H5N3O6S/c11-8(12)7(9(13)14,10(15)16)17-6-4-2-1-3-5-6/h1-5H. The highest BCUT2D eigenvalue weighted by Gasteiger charge is 2.72. The second-order valence-corrected chi connectivity index (χ2v) is 3.98. The van der Waals surface area contributed by atoms with Crippen molar-refractivity contribution in [2.24, 2.45) is 0 Å². The van der Waals surface area contributed by atoms with Crippen LogP contribution in [0.1, 0.15) is 0 Å². The summed E-state index contributed by atoms with van der Waals surface area (Å²) in [6, 6.07) is 7.14. The van der Waals surface area contributed by atoms with Gasteiger partial charge in [-0.05, 0) is 12.1 Å². The maximum absolute atomic E-state index is 10.6. The van der Waals surface area contributed by atoms with Gasteiger partial charge in [0, 0.05) is 4.90 Å². The second-order valence-electron chi connectivity index (χ2n) is 2.76. The minimum Gasteiger partial charge on any atom is -0.252 e. The first-order chi connectivity index (χ1) is 7.91. The lowest BCUT2D eigenvalue weighted by Crippen LogP contribution is -2.50. The Morgan fingerprint density at radius 1 is 0.882 bits per heavy atom. The zero-order chi connectivity index (χ0) is 13.1. The van der Waals surface area contributed by atoms with E-state index in [9.17, 15) is 30.3 Å². The van der Waals surface area contributed by atoms with Crippen molar-refractivity contribution in [1.82, 2.24) is 0 Å². The van der Waals surface area contributed by atoms with Crippen molar-refractivity contribution in [3.05, 3.63) is 60.7 Å². The van der Waals surface area contributed by atoms with Gasteiger partial charge in [0.05, 0.1) is 0 Å². The molecular weight excluding hydrogens is 254 g/mol. The first-order valence-corrected chi connectivity index (χ1v) is 4.90. The highest BCUT2D eigenvalue weighted by atomic mass is 32.2. The Bertz CT molecular complexity index is 428. The number of hydrogen-bond acceptors (Lipinski definition) is 7. The van der Waals surface area contributed by atoms with Crippen LogP contribution in [-0.4, -0.2) is 19.9 Å². The van der Waals surface area contributed by atoms with Crippen LogP contribution >= 0.6 is 11.8 Å². The Morgan fingerprint density at radius 2 is 1.29 bits per heavy atom. The summed E-state index contributed by atoms with van der Waals surface area (Å²) < 4.78 is 0. The van der Waals surface area contributed by atoms with Gasteiger partial charge >= 0.3 is 5.12 Å². The van der Waals surface area contributed by atoms with E-state index in [1.165, 1.54) is 24.3 Å². The van der Waals surface area contributed by atoms with Gasteiger partial charge in [0.2, 0.25) is 0 Å².